The number of rotatable bonds is 5. The average Bonchev–Trinajstić information content (AvgIpc) is 3.16. The summed E-state index contributed by atoms with van der Waals surface area (Å²) in [7, 11) is 0. The Balaban J connectivity index is 1.39. The molecule has 8 heteroatoms. The van der Waals surface area contributed by atoms with Gasteiger partial charge in [0.1, 0.15) is 5.69 Å². The Kier molecular flexibility index (Phi) is 4.05. The summed E-state index contributed by atoms with van der Waals surface area (Å²) in [6.07, 6.45) is 5.73. The number of piperidine rings is 1. The van der Waals surface area contributed by atoms with E-state index in [1.165, 1.54) is 6.42 Å². The van der Waals surface area contributed by atoms with E-state index in [-0.39, 0.29) is 0 Å². The van der Waals surface area contributed by atoms with Crippen molar-refractivity contribution in [3.63, 3.8) is 0 Å². The molecule has 128 valence electrons. The molecule has 3 N–H and O–H groups in total. The smallest absolute Gasteiger partial charge is 0.269 e. The van der Waals surface area contributed by atoms with Crippen LogP contribution in [0.2, 0.25) is 0 Å². The van der Waals surface area contributed by atoms with Crippen LogP contribution in [0, 0.1) is 0 Å². The monoisotopic (exact) mass is 330 g/mol. The van der Waals surface area contributed by atoms with Crippen LogP contribution >= 0.6 is 0 Å². The van der Waals surface area contributed by atoms with Crippen LogP contribution in [0.3, 0.4) is 0 Å². The van der Waals surface area contributed by atoms with Gasteiger partial charge >= 0.3 is 0 Å². The predicted octanol–water partition coefficient (Wildman–Crippen LogP) is 1.54. The van der Waals surface area contributed by atoms with Crippen molar-refractivity contribution in [3.05, 3.63) is 29.2 Å². The van der Waals surface area contributed by atoms with Crippen LogP contribution in [0.15, 0.2) is 10.5 Å². The number of nitrogens with one attached hydrogen (secondary N) is 1. The van der Waals surface area contributed by atoms with E-state index >= 15 is 0 Å². The topological polar surface area (TPSA) is 114 Å². The third kappa shape index (κ3) is 3.06. The molecule has 0 radical (unpaired) electrons. The fourth-order valence-electron chi connectivity index (χ4n) is 3.47. The van der Waals surface area contributed by atoms with Crippen molar-refractivity contribution in [1.29, 1.82) is 0 Å². The highest BCUT2D eigenvalue weighted by atomic mass is 16.4. The normalized spacial score (nSPS) is 22.4. The Morgan fingerprint density at radius 3 is 2.83 bits per heavy atom. The van der Waals surface area contributed by atoms with Crippen molar-refractivity contribution in [2.75, 3.05) is 13.1 Å². The van der Waals surface area contributed by atoms with Crippen LogP contribution < -0.4 is 5.73 Å². The summed E-state index contributed by atoms with van der Waals surface area (Å²) in [5, 5.41) is 15.3. The molecule has 0 unspecified atom stereocenters. The summed E-state index contributed by atoms with van der Waals surface area (Å²) in [5.74, 6) is 1.77. The molecule has 2 aliphatic rings. The lowest BCUT2D eigenvalue weighted by molar-refractivity contribution is 0.0995. The van der Waals surface area contributed by atoms with Crippen LogP contribution in [0.4, 0.5) is 0 Å². The SMILES string of the molecule is NC(=O)c1cc([C@H]2CCCN(Cc3nnc(C4CCC4)o3)C2)[nH]n1. The molecule has 0 spiro atoms. The number of nitrogens with zero attached hydrogens (tertiary/aromatic N) is 4. The van der Waals surface area contributed by atoms with Gasteiger partial charge in [0, 0.05) is 24.1 Å². The van der Waals surface area contributed by atoms with Gasteiger partial charge in [0.25, 0.3) is 5.91 Å². The Morgan fingerprint density at radius 1 is 1.29 bits per heavy atom. The number of hydrogen-bond acceptors (Lipinski definition) is 6. The molecule has 8 nitrogen and oxygen atoms in total. The number of carbonyl (C=O) groups excluding carboxylic acids is 1. The maximum Gasteiger partial charge on any atom is 0.269 e. The van der Waals surface area contributed by atoms with E-state index in [2.05, 4.69) is 25.3 Å². The maximum absolute atomic E-state index is 11.2. The number of H-pyrrole nitrogens is 1. The summed E-state index contributed by atoms with van der Waals surface area (Å²) in [6.45, 7) is 2.56. The molecule has 1 aliphatic heterocycles. The molecule has 3 heterocycles. The highest BCUT2D eigenvalue weighted by molar-refractivity contribution is 5.90. The molecule has 24 heavy (non-hydrogen) atoms. The van der Waals surface area contributed by atoms with Crippen LogP contribution in [0.5, 0.6) is 0 Å². The van der Waals surface area contributed by atoms with E-state index in [9.17, 15) is 4.79 Å². The first-order valence-electron chi connectivity index (χ1n) is 8.59. The zero-order valence-electron chi connectivity index (χ0n) is 13.6. The van der Waals surface area contributed by atoms with Crippen LogP contribution in [0.25, 0.3) is 0 Å². The third-order valence-electron chi connectivity index (χ3n) is 5.09. The minimum absolute atomic E-state index is 0.296. The molecular weight excluding hydrogens is 308 g/mol. The average molecular weight is 330 g/mol. The van der Waals surface area contributed by atoms with E-state index in [0.717, 1.165) is 50.4 Å². The van der Waals surface area contributed by atoms with Gasteiger partial charge in [0.15, 0.2) is 0 Å². The first-order valence-corrected chi connectivity index (χ1v) is 8.59. The van der Waals surface area contributed by atoms with E-state index in [1.54, 1.807) is 6.07 Å². The molecule has 1 aliphatic carbocycles. The quantitative estimate of drug-likeness (QED) is 0.859. The van der Waals surface area contributed by atoms with Crippen molar-refractivity contribution in [1.82, 2.24) is 25.3 Å². The van der Waals surface area contributed by atoms with Crippen LogP contribution in [-0.2, 0) is 6.54 Å². The third-order valence-corrected chi connectivity index (χ3v) is 5.09. The molecule has 2 aromatic rings. The first kappa shape index (κ1) is 15.3. The summed E-state index contributed by atoms with van der Waals surface area (Å²) in [6, 6.07) is 1.76. The molecule has 0 bridgehead atoms. The van der Waals surface area contributed by atoms with E-state index in [4.69, 9.17) is 10.2 Å². The summed E-state index contributed by atoms with van der Waals surface area (Å²) >= 11 is 0. The molecule has 1 amide bonds. The van der Waals surface area contributed by atoms with Crippen molar-refractivity contribution in [3.8, 4) is 0 Å². The van der Waals surface area contributed by atoms with Gasteiger partial charge in [0.2, 0.25) is 11.8 Å². The van der Waals surface area contributed by atoms with Gasteiger partial charge in [-0.05, 0) is 38.3 Å². The summed E-state index contributed by atoms with van der Waals surface area (Å²) in [5.41, 5.74) is 6.53. The van der Waals surface area contributed by atoms with Gasteiger partial charge in [0.05, 0.1) is 6.54 Å². The molecule has 1 saturated heterocycles. The van der Waals surface area contributed by atoms with Crippen molar-refractivity contribution in [2.24, 2.45) is 5.73 Å². The van der Waals surface area contributed by atoms with Gasteiger partial charge in [-0.3, -0.25) is 14.8 Å². The highest BCUT2D eigenvalue weighted by Gasteiger charge is 2.27. The largest absolute Gasteiger partial charge is 0.424 e. The number of amides is 1. The number of hydrogen-bond donors (Lipinski definition) is 2. The molecule has 1 saturated carbocycles. The molecule has 2 fully saturated rings. The van der Waals surface area contributed by atoms with Gasteiger partial charge < -0.3 is 10.2 Å². The Labute approximate surface area is 139 Å². The van der Waals surface area contributed by atoms with Gasteiger partial charge in [-0.2, -0.15) is 5.10 Å². The number of aromatic nitrogens is 4. The zero-order chi connectivity index (χ0) is 16.5. The standard InChI is InChI=1S/C16H22N6O2/c17-15(23)13-7-12(18-19-13)11-5-2-6-22(8-11)9-14-20-21-16(24-14)10-3-1-4-10/h7,10-11H,1-6,8-9H2,(H2,17,23)(H,18,19)/t11-/m0/s1. The Bertz CT molecular complexity index is 720. The zero-order valence-corrected chi connectivity index (χ0v) is 13.6. The van der Waals surface area contributed by atoms with E-state index in [0.29, 0.717) is 30.0 Å². The van der Waals surface area contributed by atoms with Gasteiger partial charge in [-0.1, -0.05) is 6.42 Å². The number of carbonyl (C=O) groups is 1. The fourth-order valence-corrected chi connectivity index (χ4v) is 3.47. The van der Waals surface area contributed by atoms with Crippen molar-refractivity contribution < 1.29 is 9.21 Å². The van der Waals surface area contributed by atoms with Gasteiger partial charge in [-0.15, -0.1) is 10.2 Å². The first-order chi connectivity index (χ1) is 11.7. The molecule has 0 aromatic carbocycles. The predicted molar refractivity (Wildman–Crippen MR) is 85.2 cm³/mol. The lowest BCUT2D eigenvalue weighted by Gasteiger charge is -2.31. The van der Waals surface area contributed by atoms with E-state index in [1.807, 2.05) is 0 Å². The van der Waals surface area contributed by atoms with Crippen LogP contribution in [0.1, 0.15) is 71.9 Å². The fraction of sp³-hybridized carbons (Fsp3) is 0.625. The van der Waals surface area contributed by atoms with Gasteiger partial charge in [-0.25, -0.2) is 0 Å². The lowest BCUT2D eigenvalue weighted by atomic mass is 9.85. The Morgan fingerprint density at radius 2 is 2.12 bits per heavy atom. The number of likely N-dealkylation sites (tertiary alicyclic amines) is 1. The van der Waals surface area contributed by atoms with Crippen molar-refractivity contribution >= 4 is 5.91 Å². The number of primary amides is 1. The van der Waals surface area contributed by atoms with Crippen LogP contribution in [-0.4, -0.2) is 44.3 Å². The summed E-state index contributed by atoms with van der Waals surface area (Å²) in [4.78, 5) is 13.5. The Hall–Kier alpha value is -2.22. The second-order valence-electron chi connectivity index (χ2n) is 6.81. The maximum atomic E-state index is 11.2. The molecular formula is C16H22N6O2. The molecule has 2 aromatic heterocycles. The second-order valence-corrected chi connectivity index (χ2v) is 6.81. The van der Waals surface area contributed by atoms with Crippen molar-refractivity contribution in [2.45, 2.75) is 50.5 Å². The summed E-state index contributed by atoms with van der Waals surface area (Å²) < 4.78 is 5.82. The number of nitrogens with two attached hydrogens (primary N) is 1. The van der Waals surface area contributed by atoms with E-state index < -0.39 is 5.91 Å². The molecule has 4 rings (SSSR count). The minimum atomic E-state index is -0.500. The minimum Gasteiger partial charge on any atom is -0.424 e. The molecule has 1 atom stereocenters. The second kappa shape index (κ2) is 6.35. The lowest BCUT2D eigenvalue weighted by Crippen LogP contribution is -2.34. The highest BCUT2D eigenvalue weighted by Crippen LogP contribution is 2.35. The number of aromatic amines is 1.